The number of rotatable bonds is 6. The van der Waals surface area contributed by atoms with Gasteiger partial charge in [-0.3, -0.25) is 9.59 Å². The van der Waals surface area contributed by atoms with E-state index in [1.54, 1.807) is 6.07 Å². The molecule has 1 aromatic rings. The second kappa shape index (κ2) is 8.97. The van der Waals surface area contributed by atoms with Crippen molar-refractivity contribution in [3.8, 4) is 11.5 Å². The average Bonchev–Trinajstić information content (AvgIpc) is 3.19. The molecule has 0 radical (unpaired) electrons. The summed E-state index contributed by atoms with van der Waals surface area (Å²) in [5.74, 6) is -0.541. The number of hydrogen-bond acceptors (Lipinski definition) is 7. The lowest BCUT2D eigenvalue weighted by molar-refractivity contribution is -0.139. The van der Waals surface area contributed by atoms with Crippen LogP contribution in [0.5, 0.6) is 11.5 Å². The van der Waals surface area contributed by atoms with E-state index in [0.717, 1.165) is 4.31 Å². The summed E-state index contributed by atoms with van der Waals surface area (Å²) in [5, 5.41) is 4.93. The van der Waals surface area contributed by atoms with Crippen molar-refractivity contribution in [1.82, 2.24) is 14.9 Å². The Kier molecular flexibility index (Phi) is 6.60. The number of amides is 2. The molecule has 1 fully saturated rings. The number of nitrogens with zero attached hydrogens (tertiary/aromatic N) is 1. The first kappa shape index (κ1) is 21.3. The van der Waals surface area contributed by atoms with E-state index < -0.39 is 28.1 Å². The maximum Gasteiger partial charge on any atom is 0.309 e. The summed E-state index contributed by atoms with van der Waals surface area (Å²) in [7, 11) is -3.89. The molecule has 0 bridgehead atoms. The van der Waals surface area contributed by atoms with Gasteiger partial charge in [0.1, 0.15) is 19.4 Å². The molecule has 11 heteroatoms. The molecular formula is C18H25N3O7S. The Morgan fingerprint density at radius 1 is 1.10 bits per heavy atom. The van der Waals surface area contributed by atoms with Gasteiger partial charge in [-0.25, -0.2) is 8.42 Å². The molecular weight excluding hydrogens is 402 g/mol. The number of fused-ring (bicyclic) bond motifs is 1. The second-order valence-corrected chi connectivity index (χ2v) is 8.95. The van der Waals surface area contributed by atoms with Crippen LogP contribution >= 0.6 is 0 Å². The molecule has 2 aliphatic heterocycles. The highest BCUT2D eigenvalue weighted by atomic mass is 32.2. The van der Waals surface area contributed by atoms with Crippen LogP contribution in [-0.4, -0.2) is 70.2 Å². The van der Waals surface area contributed by atoms with Crippen molar-refractivity contribution < 1.29 is 32.2 Å². The lowest BCUT2D eigenvalue weighted by atomic mass is 10.2. The van der Waals surface area contributed by atoms with Crippen molar-refractivity contribution in [3.05, 3.63) is 18.2 Å². The van der Waals surface area contributed by atoms with Gasteiger partial charge < -0.3 is 24.8 Å². The zero-order valence-electron chi connectivity index (χ0n) is 16.3. The molecule has 10 nitrogen and oxygen atoms in total. The minimum absolute atomic E-state index is 0.0400. The maximum absolute atomic E-state index is 13.0. The fourth-order valence-electron chi connectivity index (χ4n) is 2.90. The van der Waals surface area contributed by atoms with Crippen molar-refractivity contribution in [2.45, 2.75) is 25.0 Å². The van der Waals surface area contributed by atoms with E-state index in [0.29, 0.717) is 31.3 Å². The van der Waals surface area contributed by atoms with Gasteiger partial charge in [-0.15, -0.1) is 0 Å². The minimum Gasteiger partial charge on any atom is -0.486 e. The van der Waals surface area contributed by atoms with Gasteiger partial charge in [0, 0.05) is 19.2 Å². The van der Waals surface area contributed by atoms with Gasteiger partial charge >= 0.3 is 11.8 Å². The van der Waals surface area contributed by atoms with Crippen molar-refractivity contribution in [1.29, 1.82) is 0 Å². The Labute approximate surface area is 169 Å². The van der Waals surface area contributed by atoms with Crippen LogP contribution in [0.3, 0.4) is 0 Å². The average molecular weight is 427 g/mol. The molecule has 1 aromatic carbocycles. The standard InChI is InChI=1S/C18H25N3O7S/c1-12(2)10-19-17(22)18(23)20-11-16-21(5-6-28-16)29(24,25)13-3-4-14-15(9-13)27-8-7-26-14/h3-4,9,12,16H,5-8,10-11H2,1-2H3,(H,19,22)(H,20,23)/t16-/m1/s1. The van der Waals surface area contributed by atoms with E-state index >= 15 is 0 Å². The largest absolute Gasteiger partial charge is 0.486 e. The minimum atomic E-state index is -3.89. The zero-order chi connectivity index (χ0) is 21.0. The highest BCUT2D eigenvalue weighted by molar-refractivity contribution is 7.89. The van der Waals surface area contributed by atoms with Crippen molar-refractivity contribution in [2.24, 2.45) is 5.92 Å². The number of hydrogen-bond donors (Lipinski definition) is 2. The molecule has 0 aliphatic carbocycles. The van der Waals surface area contributed by atoms with Gasteiger partial charge in [0.05, 0.1) is 18.0 Å². The van der Waals surface area contributed by atoms with Crippen LogP contribution in [0.2, 0.25) is 0 Å². The topological polar surface area (TPSA) is 123 Å². The number of carbonyl (C=O) groups is 2. The lowest BCUT2D eigenvalue weighted by Gasteiger charge is -2.24. The normalized spacial score (nSPS) is 19.2. The Hall–Kier alpha value is -2.37. The SMILES string of the molecule is CC(C)CNC(=O)C(=O)NC[C@H]1OCCN1S(=O)(=O)c1ccc2c(c1)OCCO2. The van der Waals surface area contributed by atoms with Crippen molar-refractivity contribution >= 4 is 21.8 Å². The molecule has 3 rings (SSSR count). The summed E-state index contributed by atoms with van der Waals surface area (Å²) in [6.07, 6.45) is -0.907. The van der Waals surface area contributed by atoms with Gasteiger partial charge in [-0.2, -0.15) is 4.31 Å². The van der Waals surface area contributed by atoms with E-state index in [4.69, 9.17) is 14.2 Å². The molecule has 1 saturated heterocycles. The summed E-state index contributed by atoms with van der Waals surface area (Å²) in [5.41, 5.74) is 0. The number of sulfonamides is 1. The Balaban J connectivity index is 1.65. The molecule has 0 spiro atoms. The molecule has 2 aliphatic rings. The third-order valence-electron chi connectivity index (χ3n) is 4.38. The molecule has 2 heterocycles. The van der Waals surface area contributed by atoms with Crippen molar-refractivity contribution in [3.63, 3.8) is 0 Å². The fourth-order valence-corrected chi connectivity index (χ4v) is 4.43. The van der Waals surface area contributed by atoms with Crippen LogP contribution in [-0.2, 0) is 24.3 Å². The third kappa shape index (κ3) is 4.98. The number of nitrogens with one attached hydrogen (secondary N) is 2. The third-order valence-corrected chi connectivity index (χ3v) is 6.26. The predicted molar refractivity (Wildman–Crippen MR) is 102 cm³/mol. The number of ether oxygens (including phenoxy) is 3. The second-order valence-electron chi connectivity index (χ2n) is 7.06. The van der Waals surface area contributed by atoms with Gasteiger partial charge in [0.2, 0.25) is 10.0 Å². The summed E-state index contributed by atoms with van der Waals surface area (Å²) >= 11 is 0. The molecule has 0 aromatic heterocycles. The quantitative estimate of drug-likeness (QED) is 0.597. The Morgan fingerprint density at radius 3 is 2.52 bits per heavy atom. The van der Waals surface area contributed by atoms with Crippen LogP contribution in [0.4, 0.5) is 0 Å². The monoisotopic (exact) mass is 427 g/mol. The van der Waals surface area contributed by atoms with E-state index in [-0.39, 0.29) is 30.5 Å². The molecule has 0 saturated carbocycles. The Morgan fingerprint density at radius 2 is 1.79 bits per heavy atom. The molecule has 29 heavy (non-hydrogen) atoms. The van der Waals surface area contributed by atoms with Crippen LogP contribution < -0.4 is 20.1 Å². The summed E-state index contributed by atoms with van der Waals surface area (Å²) in [6.45, 7) is 5.12. The van der Waals surface area contributed by atoms with Gasteiger partial charge in [-0.1, -0.05) is 13.8 Å². The highest BCUT2D eigenvalue weighted by Crippen LogP contribution is 2.34. The predicted octanol–water partition coefficient (Wildman–Crippen LogP) is -0.307. The smallest absolute Gasteiger partial charge is 0.309 e. The summed E-state index contributed by atoms with van der Waals surface area (Å²) < 4.78 is 43.6. The van der Waals surface area contributed by atoms with Crippen LogP contribution in [0.1, 0.15) is 13.8 Å². The molecule has 2 N–H and O–H groups in total. The highest BCUT2D eigenvalue weighted by Gasteiger charge is 2.37. The zero-order valence-corrected chi connectivity index (χ0v) is 17.2. The summed E-state index contributed by atoms with van der Waals surface area (Å²) in [6, 6.07) is 4.40. The number of carbonyl (C=O) groups excluding carboxylic acids is 2. The molecule has 0 unspecified atom stereocenters. The first-order valence-corrected chi connectivity index (χ1v) is 10.8. The lowest BCUT2D eigenvalue weighted by Crippen LogP contribution is -2.47. The van der Waals surface area contributed by atoms with Crippen LogP contribution in [0, 0.1) is 5.92 Å². The van der Waals surface area contributed by atoms with Crippen LogP contribution in [0.25, 0.3) is 0 Å². The first-order valence-electron chi connectivity index (χ1n) is 9.38. The number of benzene rings is 1. The van der Waals surface area contributed by atoms with Crippen molar-refractivity contribution in [2.75, 3.05) is 39.5 Å². The maximum atomic E-state index is 13.0. The van der Waals surface area contributed by atoms with Crippen LogP contribution in [0.15, 0.2) is 23.1 Å². The van der Waals surface area contributed by atoms with Gasteiger partial charge in [0.25, 0.3) is 0 Å². The van der Waals surface area contributed by atoms with E-state index in [9.17, 15) is 18.0 Å². The van der Waals surface area contributed by atoms with E-state index in [1.807, 2.05) is 13.8 Å². The van der Waals surface area contributed by atoms with Gasteiger partial charge in [-0.05, 0) is 18.1 Å². The first-order chi connectivity index (χ1) is 13.8. The summed E-state index contributed by atoms with van der Waals surface area (Å²) in [4.78, 5) is 23.7. The molecule has 1 atom stereocenters. The fraction of sp³-hybridized carbons (Fsp3) is 0.556. The van der Waals surface area contributed by atoms with E-state index in [1.165, 1.54) is 12.1 Å². The van der Waals surface area contributed by atoms with Gasteiger partial charge in [0.15, 0.2) is 11.5 Å². The molecule has 160 valence electrons. The Bertz CT molecular complexity index is 872. The van der Waals surface area contributed by atoms with E-state index in [2.05, 4.69) is 10.6 Å². The molecule has 2 amide bonds.